The third-order valence-corrected chi connectivity index (χ3v) is 2.81. The summed E-state index contributed by atoms with van der Waals surface area (Å²) in [5.41, 5.74) is 7.17. The number of para-hydroxylation sites is 1. The van der Waals surface area contributed by atoms with Crippen molar-refractivity contribution in [1.82, 2.24) is 14.8 Å². The normalized spacial score (nSPS) is 11.0. The molecule has 0 atom stereocenters. The number of aromatic nitrogens is 3. The quantitative estimate of drug-likeness (QED) is 0.748. The third-order valence-electron chi connectivity index (χ3n) is 2.81. The number of fused-ring (bicyclic) bond motifs is 1. The number of hydrogen-bond donors (Lipinski definition) is 1. The number of benzene rings is 1. The van der Waals surface area contributed by atoms with E-state index in [1.54, 1.807) is 10.9 Å². The molecule has 0 radical (unpaired) electrons. The summed E-state index contributed by atoms with van der Waals surface area (Å²) >= 11 is 0. The van der Waals surface area contributed by atoms with Crippen LogP contribution < -0.4 is 5.73 Å². The third kappa shape index (κ3) is 1.65. The van der Waals surface area contributed by atoms with E-state index in [4.69, 9.17) is 5.73 Å². The Morgan fingerprint density at radius 3 is 2.89 bits per heavy atom. The van der Waals surface area contributed by atoms with Gasteiger partial charge >= 0.3 is 0 Å². The molecule has 3 aromatic rings. The molecule has 2 N–H and O–H groups in total. The van der Waals surface area contributed by atoms with Gasteiger partial charge in [0.25, 0.3) is 0 Å². The summed E-state index contributed by atoms with van der Waals surface area (Å²) < 4.78 is 14.8. The van der Waals surface area contributed by atoms with Crippen LogP contribution in [0.1, 0.15) is 5.56 Å². The fraction of sp³-hybridized carbons (Fsp3) is 0.0769. The van der Waals surface area contributed by atoms with Gasteiger partial charge in [0, 0.05) is 17.5 Å². The zero-order valence-electron chi connectivity index (χ0n) is 9.55. The van der Waals surface area contributed by atoms with Crippen molar-refractivity contribution in [3.05, 3.63) is 54.1 Å². The van der Waals surface area contributed by atoms with Gasteiger partial charge in [0.15, 0.2) is 5.82 Å². The summed E-state index contributed by atoms with van der Waals surface area (Å²) in [6, 6.07) is 9.15. The van der Waals surface area contributed by atoms with Crippen LogP contribution >= 0.6 is 0 Å². The molecule has 18 heavy (non-hydrogen) atoms. The summed E-state index contributed by atoms with van der Waals surface area (Å²) in [6.07, 6.45) is 2.92. The van der Waals surface area contributed by atoms with Gasteiger partial charge in [0.05, 0.1) is 17.9 Å². The van der Waals surface area contributed by atoms with E-state index in [1.165, 1.54) is 12.3 Å². The Kier molecular flexibility index (Phi) is 2.53. The highest BCUT2D eigenvalue weighted by Gasteiger charge is 2.10. The minimum atomic E-state index is -0.393. The molecule has 0 aliphatic heterocycles. The molecule has 2 aromatic heterocycles. The minimum Gasteiger partial charge on any atom is -0.326 e. The van der Waals surface area contributed by atoms with Gasteiger partial charge in [-0.2, -0.15) is 5.10 Å². The van der Waals surface area contributed by atoms with Gasteiger partial charge < -0.3 is 5.73 Å². The topological polar surface area (TPSA) is 56.7 Å². The van der Waals surface area contributed by atoms with E-state index in [1.807, 2.05) is 24.3 Å². The van der Waals surface area contributed by atoms with Crippen LogP contribution in [0, 0.1) is 5.82 Å². The highest BCUT2D eigenvalue weighted by atomic mass is 19.1. The number of rotatable bonds is 2. The maximum atomic E-state index is 13.1. The van der Waals surface area contributed by atoms with Crippen LogP contribution in [0.3, 0.4) is 0 Å². The second-order valence-corrected chi connectivity index (χ2v) is 3.96. The standard InChI is InChI=1S/C13H11FN4/c14-11-5-10(6-15)13(16-8-11)18-12-4-2-1-3-9(12)7-17-18/h1-5,7-8H,6,15H2. The maximum Gasteiger partial charge on any atom is 0.158 e. The molecule has 90 valence electrons. The molecule has 0 aliphatic rings. The first-order valence-electron chi connectivity index (χ1n) is 5.57. The van der Waals surface area contributed by atoms with E-state index >= 15 is 0 Å². The van der Waals surface area contributed by atoms with Crippen molar-refractivity contribution < 1.29 is 4.39 Å². The van der Waals surface area contributed by atoms with Crippen molar-refractivity contribution in [2.24, 2.45) is 5.73 Å². The van der Waals surface area contributed by atoms with Crippen LogP contribution in [0.25, 0.3) is 16.7 Å². The monoisotopic (exact) mass is 242 g/mol. The predicted octanol–water partition coefficient (Wildman–Crippen LogP) is 2.02. The van der Waals surface area contributed by atoms with Gasteiger partial charge in [-0.1, -0.05) is 18.2 Å². The minimum absolute atomic E-state index is 0.217. The van der Waals surface area contributed by atoms with Gasteiger partial charge in [0.1, 0.15) is 5.82 Å². The molecule has 0 unspecified atom stereocenters. The molecule has 0 fully saturated rings. The highest BCUT2D eigenvalue weighted by Crippen LogP contribution is 2.19. The van der Waals surface area contributed by atoms with E-state index < -0.39 is 5.82 Å². The van der Waals surface area contributed by atoms with Crippen molar-refractivity contribution in [2.75, 3.05) is 0 Å². The fourth-order valence-corrected chi connectivity index (χ4v) is 1.96. The Morgan fingerprint density at radius 2 is 2.06 bits per heavy atom. The summed E-state index contributed by atoms with van der Waals surface area (Å²) in [4.78, 5) is 4.09. The first-order valence-corrected chi connectivity index (χ1v) is 5.57. The molecule has 4 nitrogen and oxygen atoms in total. The lowest BCUT2D eigenvalue weighted by molar-refractivity contribution is 0.616. The second kappa shape index (κ2) is 4.19. The average molecular weight is 242 g/mol. The molecule has 5 heteroatoms. The lowest BCUT2D eigenvalue weighted by Crippen LogP contribution is -2.08. The Hall–Kier alpha value is -2.27. The van der Waals surface area contributed by atoms with Gasteiger partial charge in [0.2, 0.25) is 0 Å². The molecule has 0 amide bonds. The lowest BCUT2D eigenvalue weighted by atomic mass is 10.2. The predicted molar refractivity (Wildman–Crippen MR) is 66.7 cm³/mol. The van der Waals surface area contributed by atoms with E-state index in [0.717, 1.165) is 10.9 Å². The van der Waals surface area contributed by atoms with Crippen molar-refractivity contribution in [1.29, 1.82) is 0 Å². The molecule has 0 spiro atoms. The van der Waals surface area contributed by atoms with Crippen molar-refractivity contribution >= 4 is 10.9 Å². The smallest absolute Gasteiger partial charge is 0.158 e. The maximum absolute atomic E-state index is 13.1. The van der Waals surface area contributed by atoms with Crippen molar-refractivity contribution in [2.45, 2.75) is 6.54 Å². The second-order valence-electron chi connectivity index (χ2n) is 3.96. The van der Waals surface area contributed by atoms with Crippen molar-refractivity contribution in [3.8, 4) is 5.82 Å². The average Bonchev–Trinajstić information content (AvgIpc) is 2.82. The first kappa shape index (κ1) is 10.9. The molecular formula is C13H11FN4. The number of halogens is 1. The number of nitrogens with two attached hydrogens (primary N) is 1. The molecule has 0 saturated carbocycles. The summed E-state index contributed by atoms with van der Waals surface area (Å²) in [7, 11) is 0. The molecule has 2 heterocycles. The molecular weight excluding hydrogens is 231 g/mol. The number of pyridine rings is 1. The van der Waals surface area contributed by atoms with E-state index in [9.17, 15) is 4.39 Å². The van der Waals surface area contributed by atoms with E-state index in [-0.39, 0.29) is 6.54 Å². The van der Waals surface area contributed by atoms with E-state index in [2.05, 4.69) is 10.1 Å². The van der Waals surface area contributed by atoms with Gasteiger partial charge in [-0.3, -0.25) is 0 Å². The summed E-state index contributed by atoms with van der Waals surface area (Å²) in [5, 5.41) is 5.29. The first-order chi connectivity index (χ1) is 8.79. The SMILES string of the molecule is NCc1cc(F)cnc1-n1ncc2ccccc21. The zero-order chi connectivity index (χ0) is 12.5. The Morgan fingerprint density at radius 1 is 1.22 bits per heavy atom. The molecule has 3 rings (SSSR count). The summed E-state index contributed by atoms with van der Waals surface area (Å²) in [5.74, 6) is 0.177. The lowest BCUT2D eigenvalue weighted by Gasteiger charge is -2.07. The fourth-order valence-electron chi connectivity index (χ4n) is 1.96. The number of nitrogens with zero attached hydrogens (tertiary/aromatic N) is 3. The van der Waals surface area contributed by atoms with E-state index in [0.29, 0.717) is 11.4 Å². The van der Waals surface area contributed by atoms with Gasteiger partial charge in [-0.15, -0.1) is 0 Å². The Bertz CT molecular complexity index is 705. The van der Waals surface area contributed by atoms with Crippen LogP contribution in [-0.2, 0) is 6.54 Å². The largest absolute Gasteiger partial charge is 0.326 e. The van der Waals surface area contributed by atoms with Gasteiger partial charge in [-0.25, -0.2) is 14.1 Å². The van der Waals surface area contributed by atoms with Crippen molar-refractivity contribution in [3.63, 3.8) is 0 Å². The molecule has 0 aliphatic carbocycles. The Balaban J connectivity index is 2.26. The highest BCUT2D eigenvalue weighted by molar-refractivity contribution is 5.79. The molecule has 0 bridgehead atoms. The van der Waals surface area contributed by atoms with Crippen LogP contribution in [0.4, 0.5) is 4.39 Å². The zero-order valence-corrected chi connectivity index (χ0v) is 9.55. The van der Waals surface area contributed by atoms with Crippen LogP contribution in [0.5, 0.6) is 0 Å². The van der Waals surface area contributed by atoms with Crippen LogP contribution in [-0.4, -0.2) is 14.8 Å². The van der Waals surface area contributed by atoms with Crippen LogP contribution in [0.2, 0.25) is 0 Å². The van der Waals surface area contributed by atoms with Gasteiger partial charge in [-0.05, 0) is 12.1 Å². The molecule has 1 aromatic carbocycles. The molecule has 0 saturated heterocycles. The number of hydrogen-bond acceptors (Lipinski definition) is 3. The Labute approximate surface area is 103 Å². The summed E-state index contributed by atoms with van der Waals surface area (Å²) in [6.45, 7) is 0.217. The van der Waals surface area contributed by atoms with Crippen LogP contribution in [0.15, 0.2) is 42.7 Å².